The monoisotopic (exact) mass is 301 g/mol. The van der Waals surface area contributed by atoms with Crippen molar-refractivity contribution in [1.29, 1.82) is 0 Å². The van der Waals surface area contributed by atoms with Crippen molar-refractivity contribution in [2.24, 2.45) is 0 Å². The molecule has 4 nitrogen and oxygen atoms in total. The number of thioether (sulfide) groups is 1. The second kappa shape index (κ2) is 7.22. The van der Waals surface area contributed by atoms with E-state index in [9.17, 15) is 4.79 Å². The van der Waals surface area contributed by atoms with Gasteiger partial charge in [0.05, 0.1) is 11.8 Å². The number of rotatable bonds is 5. The second-order valence-electron chi connectivity index (χ2n) is 4.95. The summed E-state index contributed by atoms with van der Waals surface area (Å²) in [4.78, 5) is 20.1. The molecule has 2 rings (SSSR count). The summed E-state index contributed by atoms with van der Waals surface area (Å²) in [6.45, 7) is 6.15. The highest BCUT2D eigenvalue weighted by Gasteiger charge is 2.11. The Morgan fingerprint density at radius 1 is 1.24 bits per heavy atom. The minimum atomic E-state index is -0.0156. The third-order valence-electron chi connectivity index (χ3n) is 3.28. The van der Waals surface area contributed by atoms with Gasteiger partial charge in [0.1, 0.15) is 0 Å². The van der Waals surface area contributed by atoms with Gasteiger partial charge in [-0.25, -0.2) is 9.97 Å². The van der Waals surface area contributed by atoms with E-state index in [0.29, 0.717) is 10.9 Å². The fourth-order valence-corrected chi connectivity index (χ4v) is 2.50. The molecule has 1 atom stereocenters. The smallest absolute Gasteiger partial charge is 0.230 e. The molecule has 0 saturated carbocycles. The van der Waals surface area contributed by atoms with Crippen LogP contribution in [0.4, 0.5) is 0 Å². The van der Waals surface area contributed by atoms with E-state index in [2.05, 4.69) is 47.3 Å². The third-order valence-corrected chi connectivity index (χ3v) is 4.16. The molecule has 0 spiro atoms. The molecular formula is C16H19N3OS. The Morgan fingerprint density at radius 2 is 1.95 bits per heavy atom. The lowest BCUT2D eigenvalue weighted by atomic mass is 10.0. The van der Waals surface area contributed by atoms with Gasteiger partial charge < -0.3 is 5.32 Å². The SMILES string of the molecule is Cc1ccc(C(C)NC(=O)CSc2ncccn2)cc1C. The Bertz CT molecular complexity index is 616. The zero-order valence-electron chi connectivity index (χ0n) is 12.5. The molecule has 2 aromatic rings. The lowest BCUT2D eigenvalue weighted by Crippen LogP contribution is -2.28. The summed E-state index contributed by atoms with van der Waals surface area (Å²) in [6.07, 6.45) is 3.34. The predicted molar refractivity (Wildman–Crippen MR) is 85.2 cm³/mol. The highest BCUT2D eigenvalue weighted by Crippen LogP contribution is 2.17. The molecule has 1 heterocycles. The van der Waals surface area contributed by atoms with Crippen LogP contribution in [0.25, 0.3) is 0 Å². The first-order valence-corrected chi connectivity index (χ1v) is 7.81. The van der Waals surface area contributed by atoms with Crippen LogP contribution in [0, 0.1) is 13.8 Å². The molecular weight excluding hydrogens is 282 g/mol. The van der Waals surface area contributed by atoms with Crippen molar-refractivity contribution in [3.05, 3.63) is 53.3 Å². The van der Waals surface area contributed by atoms with Gasteiger partial charge in [0.25, 0.3) is 0 Å². The topological polar surface area (TPSA) is 54.9 Å². The molecule has 0 fully saturated rings. The van der Waals surface area contributed by atoms with E-state index >= 15 is 0 Å². The molecule has 0 radical (unpaired) electrons. The molecule has 5 heteroatoms. The van der Waals surface area contributed by atoms with E-state index < -0.39 is 0 Å². The largest absolute Gasteiger partial charge is 0.349 e. The molecule has 1 aromatic heterocycles. The molecule has 0 aliphatic heterocycles. The van der Waals surface area contributed by atoms with Gasteiger partial charge in [0.2, 0.25) is 5.91 Å². The van der Waals surface area contributed by atoms with Crippen LogP contribution in [0.15, 0.2) is 41.8 Å². The molecule has 1 unspecified atom stereocenters. The number of carbonyl (C=O) groups excluding carboxylic acids is 1. The average molecular weight is 301 g/mol. The van der Waals surface area contributed by atoms with Crippen LogP contribution in [0.2, 0.25) is 0 Å². The van der Waals surface area contributed by atoms with Crippen LogP contribution < -0.4 is 5.32 Å². The lowest BCUT2D eigenvalue weighted by Gasteiger charge is -2.15. The molecule has 0 aliphatic rings. The number of nitrogens with one attached hydrogen (secondary N) is 1. The van der Waals surface area contributed by atoms with Gasteiger partial charge >= 0.3 is 0 Å². The first-order chi connectivity index (χ1) is 10.1. The molecule has 21 heavy (non-hydrogen) atoms. The van der Waals surface area contributed by atoms with Crippen molar-refractivity contribution in [3.63, 3.8) is 0 Å². The van der Waals surface area contributed by atoms with Gasteiger partial charge in [-0.05, 0) is 43.5 Å². The summed E-state index contributed by atoms with van der Waals surface area (Å²) in [7, 11) is 0. The Morgan fingerprint density at radius 3 is 2.62 bits per heavy atom. The van der Waals surface area contributed by atoms with Crippen LogP contribution in [-0.4, -0.2) is 21.6 Å². The second-order valence-corrected chi connectivity index (χ2v) is 5.90. The normalized spacial score (nSPS) is 12.0. The number of amides is 1. The van der Waals surface area contributed by atoms with Crippen LogP contribution in [0.5, 0.6) is 0 Å². The zero-order chi connectivity index (χ0) is 15.2. The predicted octanol–water partition coefficient (Wildman–Crippen LogP) is 3.06. The fourth-order valence-electron chi connectivity index (χ4n) is 1.89. The highest BCUT2D eigenvalue weighted by atomic mass is 32.2. The summed E-state index contributed by atoms with van der Waals surface area (Å²) in [5, 5.41) is 3.61. The van der Waals surface area contributed by atoms with E-state index in [1.807, 2.05) is 6.92 Å². The summed E-state index contributed by atoms with van der Waals surface area (Å²) < 4.78 is 0. The maximum absolute atomic E-state index is 12.0. The highest BCUT2D eigenvalue weighted by molar-refractivity contribution is 7.99. The van der Waals surface area contributed by atoms with Gasteiger partial charge in [-0.15, -0.1) is 0 Å². The Kier molecular flexibility index (Phi) is 5.33. The molecule has 0 aliphatic carbocycles. The van der Waals surface area contributed by atoms with Gasteiger partial charge in [0, 0.05) is 12.4 Å². The van der Waals surface area contributed by atoms with Gasteiger partial charge in [-0.3, -0.25) is 4.79 Å². The maximum atomic E-state index is 12.0. The zero-order valence-corrected chi connectivity index (χ0v) is 13.3. The van der Waals surface area contributed by atoms with Gasteiger partial charge in [-0.1, -0.05) is 30.0 Å². The van der Waals surface area contributed by atoms with E-state index in [1.165, 1.54) is 22.9 Å². The molecule has 1 N–H and O–H groups in total. The first kappa shape index (κ1) is 15.5. The van der Waals surface area contributed by atoms with Crippen LogP contribution in [-0.2, 0) is 4.79 Å². The third kappa shape index (κ3) is 4.56. The van der Waals surface area contributed by atoms with Crippen LogP contribution in [0.3, 0.4) is 0 Å². The van der Waals surface area contributed by atoms with E-state index in [0.717, 1.165) is 5.56 Å². The summed E-state index contributed by atoms with van der Waals surface area (Å²) in [5.74, 6) is 0.303. The van der Waals surface area contributed by atoms with E-state index in [-0.39, 0.29) is 11.9 Å². The van der Waals surface area contributed by atoms with Gasteiger partial charge in [0.15, 0.2) is 5.16 Å². The number of nitrogens with zero attached hydrogens (tertiary/aromatic N) is 2. The van der Waals surface area contributed by atoms with Crippen molar-refractivity contribution in [3.8, 4) is 0 Å². The first-order valence-electron chi connectivity index (χ1n) is 6.82. The lowest BCUT2D eigenvalue weighted by molar-refractivity contribution is -0.119. The Balaban J connectivity index is 1.88. The van der Waals surface area contributed by atoms with Crippen LogP contribution in [0.1, 0.15) is 29.7 Å². The van der Waals surface area contributed by atoms with Crippen LogP contribution >= 0.6 is 11.8 Å². The molecule has 0 saturated heterocycles. The van der Waals surface area contributed by atoms with Crippen molar-refractivity contribution in [2.45, 2.75) is 32.0 Å². The number of aryl methyl sites for hydroxylation is 2. The summed E-state index contributed by atoms with van der Waals surface area (Å²) >= 11 is 1.34. The number of hydrogen-bond acceptors (Lipinski definition) is 4. The van der Waals surface area contributed by atoms with E-state index in [4.69, 9.17) is 0 Å². The van der Waals surface area contributed by atoms with Crippen molar-refractivity contribution < 1.29 is 4.79 Å². The minimum absolute atomic E-state index is 0.00547. The number of carbonyl (C=O) groups is 1. The summed E-state index contributed by atoms with van der Waals surface area (Å²) in [5.41, 5.74) is 3.61. The number of benzene rings is 1. The summed E-state index contributed by atoms with van der Waals surface area (Å²) in [6, 6.07) is 8.01. The molecule has 0 bridgehead atoms. The molecule has 110 valence electrons. The standard InChI is InChI=1S/C16H19N3OS/c1-11-5-6-14(9-12(11)2)13(3)19-15(20)10-21-16-17-7-4-8-18-16/h4-9,13H,10H2,1-3H3,(H,19,20). The van der Waals surface area contributed by atoms with Crippen molar-refractivity contribution >= 4 is 17.7 Å². The molecule has 1 aromatic carbocycles. The Hall–Kier alpha value is -1.88. The maximum Gasteiger partial charge on any atom is 0.230 e. The van der Waals surface area contributed by atoms with Crippen molar-refractivity contribution in [1.82, 2.24) is 15.3 Å². The van der Waals surface area contributed by atoms with Crippen molar-refractivity contribution in [2.75, 3.05) is 5.75 Å². The quantitative estimate of drug-likeness (QED) is 0.681. The number of hydrogen-bond donors (Lipinski definition) is 1. The molecule has 1 amide bonds. The minimum Gasteiger partial charge on any atom is -0.349 e. The average Bonchev–Trinajstić information content (AvgIpc) is 2.49. The Labute approximate surface area is 129 Å². The fraction of sp³-hybridized carbons (Fsp3) is 0.312. The van der Waals surface area contributed by atoms with Gasteiger partial charge in [-0.2, -0.15) is 0 Å². The number of aromatic nitrogens is 2. The van der Waals surface area contributed by atoms with E-state index in [1.54, 1.807) is 18.5 Å².